The van der Waals surface area contributed by atoms with Gasteiger partial charge in [0.15, 0.2) is 17.4 Å². The van der Waals surface area contributed by atoms with Gasteiger partial charge in [-0.3, -0.25) is 15.5 Å². The minimum absolute atomic E-state index is 0.0115. The Morgan fingerprint density at radius 3 is 2.64 bits per heavy atom. The van der Waals surface area contributed by atoms with E-state index < -0.39 is 8.72 Å². The van der Waals surface area contributed by atoms with Crippen LogP contribution in [0.15, 0.2) is 45.9 Å². The fraction of sp³-hybridized carbons (Fsp3) is 0.0714. The monoisotopic (exact) mass is 399 g/mol. The summed E-state index contributed by atoms with van der Waals surface area (Å²) in [5.74, 6) is 0.110. The highest BCUT2D eigenvalue weighted by Crippen LogP contribution is 2.37. The molecule has 11 heteroatoms. The molecule has 0 atom stereocenters. The van der Waals surface area contributed by atoms with Crippen LogP contribution in [-0.2, 0) is 3.79 Å². The van der Waals surface area contributed by atoms with Crippen molar-refractivity contribution in [3.8, 4) is 0 Å². The van der Waals surface area contributed by atoms with Crippen LogP contribution in [0.25, 0.3) is 10.9 Å². The molecular weight excluding hydrogens is 393 g/mol. The highest BCUT2D eigenvalue weighted by atomic mass is 35.6. The summed E-state index contributed by atoms with van der Waals surface area (Å²) in [5, 5.41) is 15.2. The average molecular weight is 401 g/mol. The van der Waals surface area contributed by atoms with E-state index in [9.17, 15) is 10.1 Å². The Labute approximate surface area is 155 Å². The van der Waals surface area contributed by atoms with Gasteiger partial charge in [-0.05, 0) is 18.2 Å². The third-order valence-electron chi connectivity index (χ3n) is 3.01. The minimum atomic E-state index is -1.80. The molecule has 0 fully saturated rings. The number of fused-ring (bicyclic) bond motifs is 1. The molecule has 0 saturated heterocycles. The molecule has 0 unspecified atom stereocenters. The van der Waals surface area contributed by atoms with Gasteiger partial charge in [0.05, 0.1) is 17.8 Å². The molecule has 0 saturated carbocycles. The predicted molar refractivity (Wildman–Crippen MR) is 95.4 cm³/mol. The largest absolute Gasteiger partial charge is 0.433 e. The Morgan fingerprint density at radius 2 is 1.96 bits per heavy atom. The summed E-state index contributed by atoms with van der Waals surface area (Å²) >= 11 is 17.6. The van der Waals surface area contributed by atoms with Gasteiger partial charge in [0, 0.05) is 5.39 Å². The van der Waals surface area contributed by atoms with Crippen molar-refractivity contribution < 1.29 is 9.34 Å². The van der Waals surface area contributed by atoms with Gasteiger partial charge in [0.2, 0.25) is 3.79 Å². The van der Waals surface area contributed by atoms with Gasteiger partial charge < -0.3 is 4.42 Å². The van der Waals surface area contributed by atoms with Gasteiger partial charge in [-0.1, -0.05) is 46.9 Å². The van der Waals surface area contributed by atoms with Gasteiger partial charge in [-0.15, -0.1) is 0 Å². The topological polar surface area (TPSA) is 106 Å². The Morgan fingerprint density at radius 1 is 1.20 bits per heavy atom. The molecule has 25 heavy (non-hydrogen) atoms. The summed E-state index contributed by atoms with van der Waals surface area (Å²) in [7, 11) is 0. The summed E-state index contributed by atoms with van der Waals surface area (Å²) in [6.45, 7) is 0. The molecule has 2 aromatic heterocycles. The van der Waals surface area contributed by atoms with Gasteiger partial charge >= 0.3 is 5.88 Å². The predicted octanol–water partition coefficient (Wildman–Crippen LogP) is 4.40. The third-order valence-corrected chi connectivity index (χ3v) is 3.52. The third kappa shape index (κ3) is 3.98. The second-order valence-corrected chi connectivity index (χ2v) is 7.00. The Kier molecular flexibility index (Phi) is 4.76. The molecule has 0 bridgehead atoms. The molecule has 0 aliphatic carbocycles. The van der Waals surface area contributed by atoms with Crippen molar-refractivity contribution in [3.63, 3.8) is 0 Å². The van der Waals surface area contributed by atoms with Crippen LogP contribution in [0.1, 0.15) is 11.6 Å². The van der Waals surface area contributed by atoms with Crippen LogP contribution in [0, 0.1) is 10.1 Å². The van der Waals surface area contributed by atoms with E-state index in [1.807, 2.05) is 0 Å². The van der Waals surface area contributed by atoms with E-state index in [1.165, 1.54) is 18.3 Å². The zero-order chi connectivity index (χ0) is 18.0. The maximum atomic E-state index is 10.6. The number of nitrogens with zero attached hydrogens (tertiary/aromatic N) is 4. The van der Waals surface area contributed by atoms with Crippen LogP contribution in [0.2, 0.25) is 0 Å². The molecule has 3 aromatic rings. The van der Waals surface area contributed by atoms with Crippen molar-refractivity contribution in [3.05, 3.63) is 58.1 Å². The van der Waals surface area contributed by atoms with E-state index in [4.69, 9.17) is 39.2 Å². The molecule has 3 rings (SSSR count). The summed E-state index contributed by atoms with van der Waals surface area (Å²) in [6, 6.07) is 9.73. The zero-order valence-corrected chi connectivity index (χ0v) is 14.5. The molecule has 1 aromatic carbocycles. The normalized spacial score (nSPS) is 12.0. The molecule has 0 amide bonds. The van der Waals surface area contributed by atoms with Crippen molar-refractivity contribution in [2.75, 3.05) is 5.43 Å². The van der Waals surface area contributed by atoms with E-state index in [1.54, 1.807) is 24.3 Å². The summed E-state index contributed by atoms with van der Waals surface area (Å²) in [4.78, 5) is 18.3. The maximum Gasteiger partial charge on any atom is 0.433 e. The quantitative estimate of drug-likeness (QED) is 0.301. The van der Waals surface area contributed by atoms with E-state index in [0.717, 1.165) is 0 Å². The number of anilines is 1. The number of nitro groups is 1. The molecule has 0 aliphatic heterocycles. The fourth-order valence-electron chi connectivity index (χ4n) is 1.96. The highest BCUT2D eigenvalue weighted by molar-refractivity contribution is 6.66. The smallest absolute Gasteiger partial charge is 0.400 e. The second kappa shape index (κ2) is 6.83. The van der Waals surface area contributed by atoms with E-state index in [-0.39, 0.29) is 17.5 Å². The first-order chi connectivity index (χ1) is 11.8. The van der Waals surface area contributed by atoms with Crippen molar-refractivity contribution >= 4 is 63.6 Å². The first-order valence-electron chi connectivity index (χ1n) is 6.72. The number of hydrazone groups is 1. The lowest BCUT2D eigenvalue weighted by Crippen LogP contribution is -2.09. The minimum Gasteiger partial charge on any atom is -0.400 e. The number of hydrogen-bond donors (Lipinski definition) is 1. The Bertz CT molecular complexity index is 968. The van der Waals surface area contributed by atoms with Crippen LogP contribution in [0.4, 0.5) is 11.7 Å². The standard InChI is InChI=1S/C14H8Cl3N5O3/c15-14(16,17)13-19-10-4-2-1-3-9(10)12(20-13)21-18-7-8-5-6-11(25-8)22(23)24/h1-7H,(H,19,20,21)/b18-7-. The number of furan rings is 1. The van der Waals surface area contributed by atoms with Crippen LogP contribution < -0.4 is 5.43 Å². The van der Waals surface area contributed by atoms with E-state index >= 15 is 0 Å². The van der Waals surface area contributed by atoms with E-state index in [2.05, 4.69) is 20.5 Å². The van der Waals surface area contributed by atoms with Crippen LogP contribution in [0.3, 0.4) is 0 Å². The van der Waals surface area contributed by atoms with Crippen molar-refractivity contribution in [1.29, 1.82) is 0 Å². The van der Waals surface area contributed by atoms with Crippen molar-refractivity contribution in [2.24, 2.45) is 5.10 Å². The van der Waals surface area contributed by atoms with Gasteiger partial charge in [-0.2, -0.15) is 5.10 Å². The van der Waals surface area contributed by atoms with Crippen molar-refractivity contribution in [2.45, 2.75) is 3.79 Å². The van der Waals surface area contributed by atoms with Crippen LogP contribution in [0.5, 0.6) is 0 Å². The zero-order valence-electron chi connectivity index (χ0n) is 12.2. The summed E-state index contributed by atoms with van der Waals surface area (Å²) in [6.07, 6.45) is 1.26. The molecule has 128 valence electrons. The fourth-order valence-corrected chi connectivity index (χ4v) is 2.21. The number of aromatic nitrogens is 2. The second-order valence-electron chi connectivity index (χ2n) is 4.71. The van der Waals surface area contributed by atoms with Crippen LogP contribution >= 0.6 is 34.8 Å². The lowest BCUT2D eigenvalue weighted by Gasteiger charge is -2.12. The molecule has 0 radical (unpaired) electrons. The number of nitrogens with one attached hydrogen (secondary N) is 1. The lowest BCUT2D eigenvalue weighted by atomic mass is 10.2. The number of hydrogen-bond acceptors (Lipinski definition) is 7. The van der Waals surface area contributed by atoms with Crippen LogP contribution in [-0.4, -0.2) is 21.1 Å². The number of rotatable bonds is 4. The summed E-state index contributed by atoms with van der Waals surface area (Å²) in [5.41, 5.74) is 3.26. The molecule has 1 N–H and O–H groups in total. The van der Waals surface area contributed by atoms with Crippen molar-refractivity contribution in [1.82, 2.24) is 9.97 Å². The average Bonchev–Trinajstić information content (AvgIpc) is 3.03. The first kappa shape index (κ1) is 17.4. The summed E-state index contributed by atoms with van der Waals surface area (Å²) < 4.78 is 3.16. The molecule has 0 aliphatic rings. The Balaban J connectivity index is 1.91. The molecular formula is C14H8Cl3N5O3. The number of benzene rings is 1. The van der Waals surface area contributed by atoms with Gasteiger partial charge in [-0.25, -0.2) is 9.97 Å². The van der Waals surface area contributed by atoms with Gasteiger partial charge in [0.1, 0.15) is 4.92 Å². The highest BCUT2D eigenvalue weighted by Gasteiger charge is 2.28. The molecule has 0 spiro atoms. The lowest BCUT2D eigenvalue weighted by molar-refractivity contribution is -0.402. The van der Waals surface area contributed by atoms with Gasteiger partial charge in [0.25, 0.3) is 0 Å². The Hall–Kier alpha value is -2.42. The number of halogens is 3. The molecule has 2 heterocycles. The molecule has 8 nitrogen and oxygen atoms in total. The van der Waals surface area contributed by atoms with E-state index in [0.29, 0.717) is 16.7 Å². The maximum absolute atomic E-state index is 10.6. The first-order valence-corrected chi connectivity index (χ1v) is 7.85. The SMILES string of the molecule is O=[N+]([O-])c1ccc(/C=N\Nc2nc(C(Cl)(Cl)Cl)nc3ccccc23)o1. The number of alkyl halides is 3. The number of para-hydroxylation sites is 1.